The lowest BCUT2D eigenvalue weighted by Gasteiger charge is -2.10. The molecule has 0 spiro atoms. The fraction of sp³-hybridized carbons (Fsp3) is 0.545. The highest BCUT2D eigenvalue weighted by atomic mass is 16.1. The van der Waals surface area contributed by atoms with Gasteiger partial charge in [0.15, 0.2) is 0 Å². The van der Waals surface area contributed by atoms with E-state index in [1.807, 2.05) is 6.92 Å². The highest BCUT2D eigenvalue weighted by Crippen LogP contribution is 2.26. The van der Waals surface area contributed by atoms with E-state index < -0.39 is 0 Å². The highest BCUT2D eigenvalue weighted by molar-refractivity contribution is 5.82. The second kappa shape index (κ2) is 3.48. The topological polar surface area (TPSA) is 42.9 Å². The summed E-state index contributed by atoms with van der Waals surface area (Å²) in [5, 5.41) is 0. The zero-order valence-electron chi connectivity index (χ0n) is 8.58. The van der Waals surface area contributed by atoms with Crippen molar-refractivity contribution in [2.24, 2.45) is 0 Å². The van der Waals surface area contributed by atoms with Gasteiger partial charge in [0.2, 0.25) is 0 Å². The van der Waals surface area contributed by atoms with Gasteiger partial charge in [-0.3, -0.25) is 4.79 Å². The van der Waals surface area contributed by atoms with Gasteiger partial charge in [0.1, 0.15) is 12.1 Å². The predicted molar refractivity (Wildman–Crippen MR) is 53.2 cm³/mol. The summed E-state index contributed by atoms with van der Waals surface area (Å²) in [4.78, 5) is 19.8. The standard InChI is InChI=1S/C11H14N2O/c1-7(8(2)14)11-9-4-3-5-10(9)12-6-13-11/h6-7H,3-5H2,1-2H3. The Bertz CT molecular complexity index is 374. The number of rotatable bonds is 2. The Morgan fingerprint density at radius 3 is 2.93 bits per heavy atom. The number of hydrogen-bond donors (Lipinski definition) is 0. The van der Waals surface area contributed by atoms with Crippen molar-refractivity contribution in [1.82, 2.24) is 9.97 Å². The molecular formula is C11H14N2O. The van der Waals surface area contributed by atoms with Crippen LogP contribution in [0.1, 0.15) is 43.1 Å². The first-order valence-electron chi connectivity index (χ1n) is 5.03. The van der Waals surface area contributed by atoms with E-state index >= 15 is 0 Å². The van der Waals surface area contributed by atoms with E-state index in [0.717, 1.165) is 30.7 Å². The second-order valence-corrected chi connectivity index (χ2v) is 3.87. The van der Waals surface area contributed by atoms with Crippen molar-refractivity contribution in [2.75, 3.05) is 0 Å². The molecule has 1 heterocycles. The van der Waals surface area contributed by atoms with E-state index in [1.165, 1.54) is 5.56 Å². The van der Waals surface area contributed by atoms with E-state index in [2.05, 4.69) is 9.97 Å². The molecular weight excluding hydrogens is 176 g/mol. The lowest BCUT2D eigenvalue weighted by atomic mass is 9.98. The van der Waals surface area contributed by atoms with Crippen LogP contribution in [-0.2, 0) is 17.6 Å². The normalized spacial score (nSPS) is 16.4. The molecule has 14 heavy (non-hydrogen) atoms. The molecule has 1 aliphatic rings. The molecule has 0 radical (unpaired) electrons. The van der Waals surface area contributed by atoms with Gasteiger partial charge in [-0.1, -0.05) is 0 Å². The maximum absolute atomic E-state index is 11.3. The minimum Gasteiger partial charge on any atom is -0.299 e. The summed E-state index contributed by atoms with van der Waals surface area (Å²) in [6, 6.07) is 0. The SMILES string of the molecule is CC(=O)C(C)c1ncnc2c1CCC2. The molecule has 1 aromatic heterocycles. The fourth-order valence-corrected chi connectivity index (χ4v) is 1.95. The average molecular weight is 190 g/mol. The van der Waals surface area contributed by atoms with Crippen LogP contribution in [-0.4, -0.2) is 15.8 Å². The summed E-state index contributed by atoms with van der Waals surface area (Å²) in [6.45, 7) is 3.54. The van der Waals surface area contributed by atoms with E-state index in [-0.39, 0.29) is 11.7 Å². The van der Waals surface area contributed by atoms with Crippen molar-refractivity contribution in [3.05, 3.63) is 23.3 Å². The van der Waals surface area contributed by atoms with Gasteiger partial charge in [-0.25, -0.2) is 9.97 Å². The molecule has 0 saturated heterocycles. The van der Waals surface area contributed by atoms with Crippen LogP contribution in [0.2, 0.25) is 0 Å². The van der Waals surface area contributed by atoms with Crippen LogP contribution in [0.5, 0.6) is 0 Å². The monoisotopic (exact) mass is 190 g/mol. The summed E-state index contributed by atoms with van der Waals surface area (Å²) in [5.74, 6) is 0.0997. The number of hydrogen-bond acceptors (Lipinski definition) is 3. The molecule has 0 bridgehead atoms. The molecule has 0 fully saturated rings. The Hall–Kier alpha value is -1.25. The Labute approximate surface area is 83.6 Å². The summed E-state index contributed by atoms with van der Waals surface area (Å²) in [7, 11) is 0. The molecule has 0 aliphatic heterocycles. The van der Waals surface area contributed by atoms with Crippen LogP contribution in [0.15, 0.2) is 6.33 Å². The van der Waals surface area contributed by atoms with E-state index in [4.69, 9.17) is 0 Å². The van der Waals surface area contributed by atoms with Crippen molar-refractivity contribution in [3.63, 3.8) is 0 Å². The molecule has 0 saturated carbocycles. The molecule has 1 aliphatic carbocycles. The Kier molecular flexibility index (Phi) is 2.32. The summed E-state index contributed by atoms with van der Waals surface area (Å²) < 4.78 is 0. The molecule has 3 nitrogen and oxygen atoms in total. The number of carbonyl (C=O) groups is 1. The number of aryl methyl sites for hydroxylation is 1. The summed E-state index contributed by atoms with van der Waals surface area (Å²) in [6.07, 6.45) is 4.79. The van der Waals surface area contributed by atoms with Crippen molar-refractivity contribution in [3.8, 4) is 0 Å². The van der Waals surface area contributed by atoms with Crippen LogP contribution in [0.3, 0.4) is 0 Å². The minimum atomic E-state index is -0.0788. The molecule has 1 aromatic rings. The van der Waals surface area contributed by atoms with Crippen LogP contribution in [0, 0.1) is 0 Å². The third-order valence-corrected chi connectivity index (χ3v) is 2.93. The lowest BCUT2D eigenvalue weighted by Crippen LogP contribution is -2.10. The van der Waals surface area contributed by atoms with Crippen LogP contribution < -0.4 is 0 Å². The highest BCUT2D eigenvalue weighted by Gasteiger charge is 2.22. The fourth-order valence-electron chi connectivity index (χ4n) is 1.95. The predicted octanol–water partition coefficient (Wildman–Crippen LogP) is 1.66. The maximum atomic E-state index is 11.3. The Balaban J connectivity index is 2.44. The van der Waals surface area contributed by atoms with Gasteiger partial charge in [-0.2, -0.15) is 0 Å². The number of Topliss-reactive ketones (excluding diaryl/α,β-unsaturated/α-hetero) is 1. The molecule has 1 atom stereocenters. The van der Waals surface area contributed by atoms with E-state index in [9.17, 15) is 4.79 Å². The third-order valence-electron chi connectivity index (χ3n) is 2.93. The maximum Gasteiger partial charge on any atom is 0.138 e. The van der Waals surface area contributed by atoms with Gasteiger partial charge in [0.25, 0.3) is 0 Å². The zero-order chi connectivity index (χ0) is 10.1. The second-order valence-electron chi connectivity index (χ2n) is 3.87. The van der Waals surface area contributed by atoms with Crippen LogP contribution in [0.4, 0.5) is 0 Å². The molecule has 3 heteroatoms. The molecule has 0 aromatic carbocycles. The van der Waals surface area contributed by atoms with Crippen LogP contribution >= 0.6 is 0 Å². The van der Waals surface area contributed by atoms with Gasteiger partial charge in [-0.15, -0.1) is 0 Å². The molecule has 2 rings (SSSR count). The molecule has 0 N–H and O–H groups in total. The Morgan fingerprint density at radius 2 is 2.21 bits per heavy atom. The largest absolute Gasteiger partial charge is 0.299 e. The Morgan fingerprint density at radius 1 is 1.43 bits per heavy atom. The number of nitrogens with zero attached hydrogens (tertiary/aromatic N) is 2. The number of ketones is 1. The van der Waals surface area contributed by atoms with Crippen molar-refractivity contribution in [2.45, 2.75) is 39.0 Å². The molecule has 0 amide bonds. The lowest BCUT2D eigenvalue weighted by molar-refractivity contribution is -0.118. The first-order chi connectivity index (χ1) is 6.70. The van der Waals surface area contributed by atoms with Crippen molar-refractivity contribution >= 4 is 5.78 Å². The average Bonchev–Trinajstić information content (AvgIpc) is 2.63. The van der Waals surface area contributed by atoms with Gasteiger partial charge >= 0.3 is 0 Å². The van der Waals surface area contributed by atoms with E-state index in [0.29, 0.717) is 0 Å². The zero-order valence-corrected chi connectivity index (χ0v) is 8.58. The number of carbonyl (C=O) groups excluding carboxylic acids is 1. The van der Waals surface area contributed by atoms with Crippen molar-refractivity contribution in [1.29, 1.82) is 0 Å². The number of aromatic nitrogens is 2. The van der Waals surface area contributed by atoms with Gasteiger partial charge in [-0.05, 0) is 38.7 Å². The first kappa shape index (κ1) is 9.31. The summed E-state index contributed by atoms with van der Waals surface area (Å²) in [5.41, 5.74) is 3.30. The third kappa shape index (κ3) is 1.43. The molecule has 74 valence electrons. The number of fused-ring (bicyclic) bond motifs is 1. The summed E-state index contributed by atoms with van der Waals surface area (Å²) >= 11 is 0. The molecule has 1 unspecified atom stereocenters. The minimum absolute atomic E-state index is 0.0788. The van der Waals surface area contributed by atoms with Gasteiger partial charge in [0, 0.05) is 5.69 Å². The van der Waals surface area contributed by atoms with Crippen molar-refractivity contribution < 1.29 is 4.79 Å². The van der Waals surface area contributed by atoms with Crippen LogP contribution in [0.25, 0.3) is 0 Å². The smallest absolute Gasteiger partial charge is 0.138 e. The quantitative estimate of drug-likeness (QED) is 0.712. The van der Waals surface area contributed by atoms with Gasteiger partial charge < -0.3 is 0 Å². The van der Waals surface area contributed by atoms with Gasteiger partial charge in [0.05, 0.1) is 11.6 Å². The van der Waals surface area contributed by atoms with E-state index in [1.54, 1.807) is 13.3 Å². The first-order valence-corrected chi connectivity index (χ1v) is 5.03.